The molecule has 44 heavy (non-hydrogen) atoms. The van der Waals surface area contributed by atoms with Crippen molar-refractivity contribution >= 4 is 29.0 Å². The van der Waals surface area contributed by atoms with Crippen molar-refractivity contribution in [2.75, 3.05) is 26.3 Å². The Hall–Kier alpha value is -3.88. The minimum Gasteiger partial charge on any atom is -0.490 e. The summed E-state index contributed by atoms with van der Waals surface area (Å²) in [5.74, 6) is 0.586. The van der Waals surface area contributed by atoms with Gasteiger partial charge in [-0.25, -0.2) is 4.39 Å². The zero-order chi connectivity index (χ0) is 30.8. The van der Waals surface area contributed by atoms with Gasteiger partial charge in [-0.15, -0.1) is 0 Å². The lowest BCUT2D eigenvalue weighted by molar-refractivity contribution is -0.132. The third kappa shape index (κ3) is 6.92. The fourth-order valence-corrected chi connectivity index (χ4v) is 6.36. The van der Waals surface area contributed by atoms with Gasteiger partial charge in [-0.2, -0.15) is 0 Å². The van der Waals surface area contributed by atoms with Crippen molar-refractivity contribution in [3.8, 4) is 11.5 Å². The molecule has 1 saturated heterocycles. The van der Waals surface area contributed by atoms with E-state index in [1.54, 1.807) is 6.92 Å². The van der Waals surface area contributed by atoms with E-state index >= 15 is 0 Å². The van der Waals surface area contributed by atoms with E-state index in [-0.39, 0.29) is 48.9 Å². The Morgan fingerprint density at radius 3 is 2.52 bits per heavy atom. The predicted octanol–water partition coefficient (Wildman–Crippen LogP) is 5.78. The summed E-state index contributed by atoms with van der Waals surface area (Å²) in [7, 11) is 0. The number of amides is 2. The SMILES string of the molecule is CC(=O)N1CC2CC(c3ccc(OCCOc4cc(F)ccc4Cl)cc3)=C(C(=O)N(Cc3cccc(C)c3)C3CC3)[C@@H](C1)N2. The Morgan fingerprint density at radius 2 is 1.80 bits per heavy atom. The number of nitrogens with one attached hydrogen (secondary N) is 1. The van der Waals surface area contributed by atoms with E-state index in [2.05, 4.69) is 30.4 Å². The number of nitrogens with zero attached hydrogens (tertiary/aromatic N) is 2. The zero-order valence-electron chi connectivity index (χ0n) is 25.0. The highest BCUT2D eigenvalue weighted by Gasteiger charge is 2.43. The van der Waals surface area contributed by atoms with Gasteiger partial charge in [-0.3, -0.25) is 9.59 Å². The van der Waals surface area contributed by atoms with E-state index in [1.807, 2.05) is 40.1 Å². The van der Waals surface area contributed by atoms with Gasteiger partial charge in [0.15, 0.2) is 0 Å². The van der Waals surface area contributed by atoms with Crippen LogP contribution in [-0.4, -0.2) is 66.0 Å². The lowest BCUT2D eigenvalue weighted by Gasteiger charge is -2.44. The van der Waals surface area contributed by atoms with Crippen LogP contribution in [0.2, 0.25) is 5.02 Å². The summed E-state index contributed by atoms with van der Waals surface area (Å²) in [5.41, 5.74) is 5.04. The number of carbonyl (C=O) groups excluding carboxylic acids is 2. The standard InChI is InChI=1S/C35H37ClFN3O4/c1-22-4-3-5-24(16-22)19-40(28-9-10-28)35(42)34-30(18-27-20-39(23(2)41)21-32(34)38-27)25-6-11-29(12-7-25)43-14-15-44-33-17-26(37)8-13-31(33)36/h3-8,11-13,16-17,27-28,32,38H,9-10,14-15,18-21H2,1-2H3/t27?,32-/m1/s1. The van der Waals surface area contributed by atoms with Crippen molar-refractivity contribution in [3.05, 3.63) is 99.8 Å². The number of carbonyl (C=O) groups is 2. The predicted molar refractivity (Wildman–Crippen MR) is 168 cm³/mol. The molecule has 2 aliphatic heterocycles. The topological polar surface area (TPSA) is 71.1 Å². The van der Waals surface area contributed by atoms with Crippen molar-refractivity contribution in [1.29, 1.82) is 0 Å². The largest absolute Gasteiger partial charge is 0.490 e. The van der Waals surface area contributed by atoms with Gasteiger partial charge in [-0.05, 0) is 67.2 Å². The molecule has 3 aromatic carbocycles. The van der Waals surface area contributed by atoms with Crippen LogP contribution in [0.15, 0.2) is 72.3 Å². The summed E-state index contributed by atoms with van der Waals surface area (Å²) in [4.78, 5) is 30.8. The smallest absolute Gasteiger partial charge is 0.252 e. The first-order chi connectivity index (χ1) is 21.2. The van der Waals surface area contributed by atoms with Gasteiger partial charge in [-0.1, -0.05) is 53.6 Å². The molecule has 230 valence electrons. The minimum absolute atomic E-state index is 0.0284. The van der Waals surface area contributed by atoms with Gasteiger partial charge in [0.05, 0.1) is 11.1 Å². The molecule has 0 aromatic heterocycles. The fourth-order valence-electron chi connectivity index (χ4n) is 6.19. The Labute approximate surface area is 262 Å². The van der Waals surface area contributed by atoms with Gasteiger partial charge in [0.1, 0.15) is 30.5 Å². The van der Waals surface area contributed by atoms with Crippen LogP contribution in [0.1, 0.15) is 42.9 Å². The third-order valence-electron chi connectivity index (χ3n) is 8.47. The molecule has 1 N–H and O–H groups in total. The molecular formula is C35H37ClFN3O4. The molecular weight excluding hydrogens is 581 g/mol. The van der Waals surface area contributed by atoms with Gasteiger partial charge in [0.2, 0.25) is 5.91 Å². The number of ether oxygens (including phenoxy) is 2. The number of fused-ring (bicyclic) bond motifs is 2. The van der Waals surface area contributed by atoms with E-state index in [0.717, 1.165) is 35.1 Å². The van der Waals surface area contributed by atoms with Crippen molar-refractivity contribution in [2.45, 2.75) is 57.8 Å². The number of rotatable bonds is 10. The van der Waals surface area contributed by atoms with Crippen LogP contribution in [0.25, 0.3) is 5.57 Å². The number of hydrogen-bond acceptors (Lipinski definition) is 5. The normalized spacial score (nSPS) is 19.5. The molecule has 9 heteroatoms. The second kappa shape index (κ2) is 13.0. The highest BCUT2D eigenvalue weighted by atomic mass is 35.5. The zero-order valence-corrected chi connectivity index (χ0v) is 25.8. The van der Waals surface area contributed by atoms with Crippen LogP contribution in [0, 0.1) is 12.7 Å². The lowest BCUT2D eigenvalue weighted by atomic mass is 9.82. The second-order valence-electron chi connectivity index (χ2n) is 11.9. The summed E-state index contributed by atoms with van der Waals surface area (Å²) < 4.78 is 25.0. The van der Waals surface area contributed by atoms with Crippen LogP contribution in [0.4, 0.5) is 4.39 Å². The van der Waals surface area contributed by atoms with Crippen molar-refractivity contribution in [1.82, 2.24) is 15.1 Å². The molecule has 1 unspecified atom stereocenters. The van der Waals surface area contributed by atoms with E-state index in [0.29, 0.717) is 36.8 Å². The van der Waals surface area contributed by atoms with Crippen LogP contribution < -0.4 is 14.8 Å². The van der Waals surface area contributed by atoms with Crippen molar-refractivity contribution in [3.63, 3.8) is 0 Å². The molecule has 2 fully saturated rings. The molecule has 6 rings (SSSR count). The average molecular weight is 618 g/mol. The average Bonchev–Trinajstić information content (AvgIpc) is 3.85. The number of piperazine rings is 1. The highest BCUT2D eigenvalue weighted by molar-refractivity contribution is 6.32. The summed E-state index contributed by atoms with van der Waals surface area (Å²) in [6.45, 7) is 5.76. The number of aryl methyl sites for hydroxylation is 1. The van der Waals surface area contributed by atoms with Crippen molar-refractivity contribution < 1.29 is 23.5 Å². The third-order valence-corrected chi connectivity index (χ3v) is 8.78. The van der Waals surface area contributed by atoms with Crippen LogP contribution in [-0.2, 0) is 16.1 Å². The van der Waals surface area contributed by atoms with E-state index in [4.69, 9.17) is 21.1 Å². The van der Waals surface area contributed by atoms with Gasteiger partial charge < -0.3 is 24.6 Å². The van der Waals surface area contributed by atoms with E-state index < -0.39 is 5.82 Å². The maximum atomic E-state index is 14.5. The number of hydrogen-bond donors (Lipinski definition) is 1. The van der Waals surface area contributed by atoms with Gasteiger partial charge in [0, 0.05) is 50.3 Å². The molecule has 3 aromatic rings. The molecule has 1 saturated carbocycles. The number of halogens is 2. The summed E-state index contributed by atoms with van der Waals surface area (Å²) in [5, 5.41) is 3.99. The number of benzene rings is 3. The molecule has 2 atom stereocenters. The molecule has 2 amide bonds. The quantitative estimate of drug-likeness (QED) is 0.292. The summed E-state index contributed by atoms with van der Waals surface area (Å²) in [6.07, 6.45) is 2.65. The monoisotopic (exact) mass is 617 g/mol. The Balaban J connectivity index is 1.23. The maximum absolute atomic E-state index is 14.5. The maximum Gasteiger partial charge on any atom is 0.252 e. The van der Waals surface area contributed by atoms with Crippen LogP contribution in [0.5, 0.6) is 11.5 Å². The van der Waals surface area contributed by atoms with Gasteiger partial charge >= 0.3 is 0 Å². The molecule has 1 aliphatic carbocycles. The first kappa shape index (κ1) is 30.2. The Bertz CT molecular complexity index is 1570. The Kier molecular flexibility index (Phi) is 8.91. The first-order valence-electron chi connectivity index (χ1n) is 15.2. The first-order valence-corrected chi connectivity index (χ1v) is 15.5. The van der Waals surface area contributed by atoms with Crippen LogP contribution >= 0.6 is 11.6 Å². The van der Waals surface area contributed by atoms with Gasteiger partial charge in [0.25, 0.3) is 5.91 Å². The molecule has 2 heterocycles. The second-order valence-corrected chi connectivity index (χ2v) is 12.3. The molecule has 7 nitrogen and oxygen atoms in total. The van der Waals surface area contributed by atoms with E-state index in [9.17, 15) is 14.0 Å². The molecule has 3 aliphatic rings. The summed E-state index contributed by atoms with van der Waals surface area (Å²) in [6, 6.07) is 20.1. The highest BCUT2D eigenvalue weighted by Crippen LogP contribution is 2.38. The lowest BCUT2D eigenvalue weighted by Crippen LogP contribution is -2.61. The summed E-state index contributed by atoms with van der Waals surface area (Å²) >= 11 is 6.08. The van der Waals surface area contributed by atoms with E-state index in [1.165, 1.54) is 23.8 Å². The molecule has 0 spiro atoms. The Morgan fingerprint density at radius 1 is 1.02 bits per heavy atom. The minimum atomic E-state index is -0.417. The molecule has 0 radical (unpaired) electrons. The van der Waals surface area contributed by atoms with Crippen LogP contribution in [0.3, 0.4) is 0 Å². The van der Waals surface area contributed by atoms with Crippen molar-refractivity contribution in [2.24, 2.45) is 0 Å². The fraction of sp³-hybridized carbons (Fsp3) is 0.371. The molecule has 2 bridgehead atoms.